The molecule has 0 spiro atoms. The number of hydrogen-bond acceptors (Lipinski definition) is 6. The van der Waals surface area contributed by atoms with E-state index in [9.17, 15) is 4.79 Å². The van der Waals surface area contributed by atoms with Crippen LogP contribution in [-0.2, 0) is 11.3 Å². The first kappa shape index (κ1) is 12.9. The molecule has 0 radical (unpaired) electrons. The van der Waals surface area contributed by atoms with Crippen LogP contribution in [0.15, 0.2) is 28.8 Å². The lowest BCUT2D eigenvalue weighted by Crippen LogP contribution is -2.07. The number of rotatable bonds is 4. The largest absolute Gasteiger partial charge is 0.465 e. The second-order valence-corrected chi connectivity index (χ2v) is 4.01. The summed E-state index contributed by atoms with van der Waals surface area (Å²) in [6.45, 7) is 2.26. The maximum Gasteiger partial charge on any atom is 0.340 e. The zero-order valence-electron chi connectivity index (χ0n) is 10.8. The van der Waals surface area contributed by atoms with Gasteiger partial charge in [0.15, 0.2) is 0 Å². The minimum absolute atomic E-state index is 0.330. The molecule has 0 fully saturated rings. The van der Waals surface area contributed by atoms with Gasteiger partial charge in [0, 0.05) is 11.4 Å². The summed E-state index contributed by atoms with van der Waals surface area (Å²) < 4.78 is 10.00. The molecule has 1 heterocycles. The highest BCUT2D eigenvalue weighted by Crippen LogP contribution is 2.19. The Morgan fingerprint density at radius 1 is 1.53 bits per heavy atom. The van der Waals surface area contributed by atoms with E-state index < -0.39 is 5.97 Å². The van der Waals surface area contributed by atoms with E-state index in [0.717, 1.165) is 11.4 Å². The quantitative estimate of drug-likeness (QED) is 0.646. The van der Waals surface area contributed by atoms with Crippen molar-refractivity contribution < 1.29 is 13.9 Å². The number of nitrogens with zero attached hydrogens (tertiary/aromatic N) is 1. The average Bonchev–Trinajstić information content (AvgIpc) is 2.83. The fourth-order valence-electron chi connectivity index (χ4n) is 1.61. The van der Waals surface area contributed by atoms with E-state index in [2.05, 4.69) is 15.0 Å². The molecule has 3 N–H and O–H groups in total. The third kappa shape index (κ3) is 3.04. The maximum atomic E-state index is 11.5. The molecule has 0 aliphatic carbocycles. The van der Waals surface area contributed by atoms with Crippen LogP contribution in [0.5, 0.6) is 0 Å². The molecule has 0 aliphatic rings. The van der Waals surface area contributed by atoms with Crippen molar-refractivity contribution in [3.8, 4) is 0 Å². The van der Waals surface area contributed by atoms with E-state index in [4.69, 9.17) is 10.2 Å². The molecule has 6 heteroatoms. The SMILES string of the molecule is COC(=O)c1cc(NCc2ncc(C)o2)ccc1N. The predicted octanol–water partition coefficient (Wildman–Crippen LogP) is 1.96. The van der Waals surface area contributed by atoms with Gasteiger partial charge in [-0.2, -0.15) is 0 Å². The topological polar surface area (TPSA) is 90.4 Å². The van der Waals surface area contributed by atoms with Gasteiger partial charge in [0.1, 0.15) is 5.76 Å². The summed E-state index contributed by atoms with van der Waals surface area (Å²) in [5, 5.41) is 3.10. The molecule has 0 atom stereocenters. The maximum absolute atomic E-state index is 11.5. The predicted molar refractivity (Wildman–Crippen MR) is 70.8 cm³/mol. The third-order valence-electron chi connectivity index (χ3n) is 2.57. The molecule has 1 aromatic heterocycles. The Hall–Kier alpha value is -2.50. The normalized spacial score (nSPS) is 10.2. The lowest BCUT2D eigenvalue weighted by molar-refractivity contribution is 0.0602. The number of aromatic nitrogens is 1. The van der Waals surface area contributed by atoms with Crippen LogP contribution >= 0.6 is 0 Å². The zero-order valence-corrected chi connectivity index (χ0v) is 10.8. The number of nitrogen functional groups attached to an aromatic ring is 1. The Balaban J connectivity index is 2.10. The molecule has 19 heavy (non-hydrogen) atoms. The molecule has 0 bridgehead atoms. The zero-order chi connectivity index (χ0) is 13.8. The van der Waals surface area contributed by atoms with Crippen molar-refractivity contribution in [2.75, 3.05) is 18.2 Å². The van der Waals surface area contributed by atoms with E-state index >= 15 is 0 Å². The third-order valence-corrected chi connectivity index (χ3v) is 2.57. The number of ether oxygens (including phenoxy) is 1. The van der Waals surface area contributed by atoms with Crippen LogP contribution in [0.1, 0.15) is 22.0 Å². The van der Waals surface area contributed by atoms with Crippen molar-refractivity contribution in [1.29, 1.82) is 0 Å². The number of benzene rings is 1. The van der Waals surface area contributed by atoms with Crippen LogP contribution in [0.4, 0.5) is 11.4 Å². The number of carbonyl (C=O) groups excluding carboxylic acids is 1. The molecule has 0 saturated carbocycles. The van der Waals surface area contributed by atoms with E-state index in [1.54, 1.807) is 24.4 Å². The van der Waals surface area contributed by atoms with Crippen LogP contribution in [0, 0.1) is 6.92 Å². The van der Waals surface area contributed by atoms with Crippen molar-refractivity contribution in [3.63, 3.8) is 0 Å². The first-order chi connectivity index (χ1) is 9.10. The van der Waals surface area contributed by atoms with E-state index in [1.807, 2.05) is 6.92 Å². The number of oxazole rings is 1. The number of esters is 1. The number of nitrogens with two attached hydrogens (primary N) is 1. The van der Waals surface area contributed by atoms with Crippen molar-refractivity contribution >= 4 is 17.3 Å². The van der Waals surface area contributed by atoms with Gasteiger partial charge >= 0.3 is 5.97 Å². The molecule has 0 saturated heterocycles. The summed E-state index contributed by atoms with van der Waals surface area (Å²) in [5.41, 5.74) is 7.17. The van der Waals surface area contributed by atoms with E-state index in [1.165, 1.54) is 7.11 Å². The van der Waals surface area contributed by atoms with Gasteiger partial charge in [-0.3, -0.25) is 0 Å². The van der Waals surface area contributed by atoms with Gasteiger partial charge in [-0.25, -0.2) is 9.78 Å². The first-order valence-electron chi connectivity index (χ1n) is 5.73. The number of nitrogens with one attached hydrogen (secondary N) is 1. The Bertz CT molecular complexity index is 593. The molecule has 2 aromatic rings. The van der Waals surface area contributed by atoms with Gasteiger partial charge in [-0.05, 0) is 25.1 Å². The van der Waals surface area contributed by atoms with Crippen molar-refractivity contribution in [2.45, 2.75) is 13.5 Å². The lowest BCUT2D eigenvalue weighted by Gasteiger charge is -2.08. The number of aryl methyl sites for hydroxylation is 1. The van der Waals surface area contributed by atoms with Crippen LogP contribution in [0.3, 0.4) is 0 Å². The van der Waals surface area contributed by atoms with Crippen molar-refractivity contribution in [3.05, 3.63) is 41.6 Å². The second kappa shape index (κ2) is 5.43. The Labute approximate surface area is 110 Å². The highest BCUT2D eigenvalue weighted by molar-refractivity contribution is 5.96. The molecular formula is C13H15N3O3. The van der Waals surface area contributed by atoms with Crippen LogP contribution < -0.4 is 11.1 Å². The number of methoxy groups -OCH3 is 1. The Kier molecular flexibility index (Phi) is 3.70. The standard InChI is InChI=1S/C13H15N3O3/c1-8-6-16-12(19-8)7-15-9-3-4-11(14)10(5-9)13(17)18-2/h3-6,15H,7,14H2,1-2H3. The summed E-state index contributed by atoms with van der Waals surface area (Å²) in [4.78, 5) is 15.6. The number of carbonyl (C=O) groups is 1. The van der Waals surface area contributed by atoms with E-state index in [-0.39, 0.29) is 0 Å². The van der Waals surface area contributed by atoms with Crippen LogP contribution in [-0.4, -0.2) is 18.1 Å². The fourth-order valence-corrected chi connectivity index (χ4v) is 1.61. The smallest absolute Gasteiger partial charge is 0.340 e. The lowest BCUT2D eigenvalue weighted by atomic mass is 10.1. The van der Waals surface area contributed by atoms with E-state index in [0.29, 0.717) is 23.7 Å². The Morgan fingerprint density at radius 3 is 2.95 bits per heavy atom. The van der Waals surface area contributed by atoms with Gasteiger partial charge in [0.25, 0.3) is 0 Å². The first-order valence-corrected chi connectivity index (χ1v) is 5.73. The Morgan fingerprint density at radius 2 is 2.32 bits per heavy atom. The molecule has 0 unspecified atom stereocenters. The molecule has 6 nitrogen and oxygen atoms in total. The molecule has 2 rings (SSSR count). The number of anilines is 2. The van der Waals surface area contributed by atoms with Gasteiger partial charge < -0.3 is 20.2 Å². The summed E-state index contributed by atoms with van der Waals surface area (Å²) in [7, 11) is 1.32. The summed E-state index contributed by atoms with van der Waals surface area (Å²) in [6, 6.07) is 5.06. The summed E-state index contributed by atoms with van der Waals surface area (Å²) in [6.07, 6.45) is 1.65. The molecule has 100 valence electrons. The van der Waals surface area contributed by atoms with Crippen molar-refractivity contribution in [2.24, 2.45) is 0 Å². The molecule has 0 amide bonds. The molecular weight excluding hydrogens is 246 g/mol. The van der Waals surface area contributed by atoms with Gasteiger partial charge in [0.05, 0.1) is 25.4 Å². The van der Waals surface area contributed by atoms with Crippen LogP contribution in [0.25, 0.3) is 0 Å². The number of hydrogen-bond donors (Lipinski definition) is 2. The fraction of sp³-hybridized carbons (Fsp3) is 0.231. The van der Waals surface area contributed by atoms with Gasteiger partial charge in [0.2, 0.25) is 5.89 Å². The highest BCUT2D eigenvalue weighted by atomic mass is 16.5. The highest BCUT2D eigenvalue weighted by Gasteiger charge is 2.10. The van der Waals surface area contributed by atoms with Crippen LogP contribution in [0.2, 0.25) is 0 Å². The average molecular weight is 261 g/mol. The second-order valence-electron chi connectivity index (χ2n) is 4.01. The summed E-state index contributed by atoms with van der Waals surface area (Å²) in [5.74, 6) is 0.867. The monoisotopic (exact) mass is 261 g/mol. The minimum Gasteiger partial charge on any atom is -0.465 e. The molecule has 1 aromatic carbocycles. The summed E-state index contributed by atoms with van der Waals surface area (Å²) >= 11 is 0. The van der Waals surface area contributed by atoms with Gasteiger partial charge in [-0.15, -0.1) is 0 Å². The van der Waals surface area contributed by atoms with Gasteiger partial charge in [-0.1, -0.05) is 0 Å². The minimum atomic E-state index is -0.465. The molecule has 0 aliphatic heterocycles. The van der Waals surface area contributed by atoms with Crippen molar-refractivity contribution in [1.82, 2.24) is 4.98 Å².